The summed E-state index contributed by atoms with van der Waals surface area (Å²) >= 11 is 0. The van der Waals surface area contributed by atoms with Crippen LogP contribution in [-0.4, -0.2) is 37.3 Å². The molecule has 1 aliphatic rings. The van der Waals surface area contributed by atoms with E-state index in [1.54, 1.807) is 0 Å². The molecule has 7 nitrogen and oxygen atoms in total. The van der Waals surface area contributed by atoms with Crippen LogP contribution in [0.15, 0.2) is 91.5 Å². The van der Waals surface area contributed by atoms with Crippen molar-refractivity contribution in [2.45, 2.75) is 31.4 Å². The number of alkyl carbamates (subject to hydrolysis) is 1. The molecule has 1 amide bonds. The van der Waals surface area contributed by atoms with E-state index in [2.05, 4.69) is 24.0 Å². The van der Waals surface area contributed by atoms with E-state index in [-0.39, 0.29) is 38.6 Å². The van der Waals surface area contributed by atoms with E-state index < -0.39 is 24.1 Å². The summed E-state index contributed by atoms with van der Waals surface area (Å²) in [5.74, 6) is -1.28. The van der Waals surface area contributed by atoms with Crippen molar-refractivity contribution in [2.24, 2.45) is 0 Å². The average Bonchev–Trinajstić information content (AvgIpc) is 3.25. The van der Waals surface area contributed by atoms with Gasteiger partial charge in [-0.3, -0.25) is 4.79 Å². The molecule has 1 aliphatic carbocycles. The van der Waals surface area contributed by atoms with Crippen molar-refractivity contribution in [2.75, 3.05) is 13.2 Å². The van der Waals surface area contributed by atoms with Crippen molar-refractivity contribution in [3.63, 3.8) is 0 Å². The Morgan fingerprint density at radius 2 is 1.46 bits per heavy atom. The first-order valence-corrected chi connectivity index (χ1v) is 12.2. The van der Waals surface area contributed by atoms with E-state index in [9.17, 15) is 14.4 Å². The lowest BCUT2D eigenvalue weighted by molar-refractivity contribution is -0.147. The van der Waals surface area contributed by atoms with E-state index in [4.69, 9.17) is 14.2 Å². The van der Waals surface area contributed by atoms with E-state index in [1.807, 2.05) is 66.7 Å². The van der Waals surface area contributed by atoms with Gasteiger partial charge in [-0.15, -0.1) is 0 Å². The van der Waals surface area contributed by atoms with Gasteiger partial charge in [-0.05, 0) is 34.2 Å². The van der Waals surface area contributed by atoms with Crippen molar-refractivity contribution < 1.29 is 28.6 Å². The molecule has 0 heterocycles. The van der Waals surface area contributed by atoms with Gasteiger partial charge in [0.25, 0.3) is 0 Å². The predicted molar refractivity (Wildman–Crippen MR) is 139 cm³/mol. The van der Waals surface area contributed by atoms with Gasteiger partial charge in [0.2, 0.25) is 0 Å². The van der Waals surface area contributed by atoms with Crippen LogP contribution in [-0.2, 0) is 30.4 Å². The maximum atomic E-state index is 12.7. The lowest BCUT2D eigenvalue weighted by atomic mass is 9.98. The molecule has 3 aromatic rings. The van der Waals surface area contributed by atoms with Gasteiger partial charge in [-0.25, -0.2) is 9.59 Å². The zero-order chi connectivity index (χ0) is 26.0. The molecule has 0 saturated heterocycles. The summed E-state index contributed by atoms with van der Waals surface area (Å²) in [6.07, 6.45) is 0.592. The Morgan fingerprint density at radius 1 is 0.838 bits per heavy atom. The third-order valence-electron chi connectivity index (χ3n) is 6.14. The molecule has 4 rings (SSSR count). The first kappa shape index (κ1) is 25.7. The maximum Gasteiger partial charge on any atom is 0.407 e. The minimum atomic E-state index is -1.07. The molecule has 0 bridgehead atoms. The molecule has 0 radical (unpaired) electrons. The number of esters is 2. The summed E-state index contributed by atoms with van der Waals surface area (Å²) in [6.45, 7) is 3.75. The van der Waals surface area contributed by atoms with E-state index in [0.29, 0.717) is 0 Å². The topological polar surface area (TPSA) is 90.9 Å². The molecular formula is C30H29NO6. The predicted octanol–water partition coefficient (Wildman–Crippen LogP) is 5.15. The van der Waals surface area contributed by atoms with Gasteiger partial charge >= 0.3 is 18.0 Å². The van der Waals surface area contributed by atoms with Crippen molar-refractivity contribution in [1.82, 2.24) is 5.32 Å². The lowest BCUT2D eigenvalue weighted by Gasteiger charge is -2.19. The molecule has 0 unspecified atom stereocenters. The summed E-state index contributed by atoms with van der Waals surface area (Å²) in [6, 6.07) is 24.2. The molecule has 0 saturated carbocycles. The van der Waals surface area contributed by atoms with Gasteiger partial charge in [0.1, 0.15) is 25.9 Å². The lowest BCUT2D eigenvalue weighted by Crippen LogP contribution is -2.42. The van der Waals surface area contributed by atoms with E-state index in [0.717, 1.165) is 27.8 Å². The second-order valence-electron chi connectivity index (χ2n) is 8.63. The molecule has 0 fully saturated rings. The highest BCUT2D eigenvalue weighted by Gasteiger charge is 2.30. The zero-order valence-corrected chi connectivity index (χ0v) is 20.4. The molecule has 190 valence electrons. The number of carbonyl (C=O) groups excluding carboxylic acids is 3. The third-order valence-corrected chi connectivity index (χ3v) is 6.14. The Labute approximate surface area is 216 Å². The van der Waals surface area contributed by atoms with E-state index >= 15 is 0 Å². The Bertz CT molecular complexity index is 1210. The number of rotatable bonds is 11. The summed E-state index contributed by atoms with van der Waals surface area (Å²) in [5, 5.41) is 2.55. The van der Waals surface area contributed by atoms with Crippen molar-refractivity contribution >= 4 is 18.0 Å². The summed E-state index contributed by atoms with van der Waals surface area (Å²) in [7, 11) is 0. The number of benzene rings is 3. The summed E-state index contributed by atoms with van der Waals surface area (Å²) in [4.78, 5) is 37.5. The summed E-state index contributed by atoms with van der Waals surface area (Å²) in [5.41, 5.74) is 5.26. The number of carbonyl (C=O) groups is 3. The normalized spacial score (nSPS) is 12.5. The first-order chi connectivity index (χ1) is 18.1. The van der Waals surface area contributed by atoms with Crippen LogP contribution in [0.4, 0.5) is 4.79 Å². The largest absolute Gasteiger partial charge is 0.461 e. The van der Waals surface area contributed by atoms with Crippen LogP contribution in [0.5, 0.6) is 0 Å². The van der Waals surface area contributed by atoms with Gasteiger partial charge in [0.15, 0.2) is 0 Å². The van der Waals surface area contributed by atoms with Crippen LogP contribution in [0.3, 0.4) is 0 Å². The monoisotopic (exact) mass is 499 g/mol. The fraction of sp³-hybridized carbons (Fsp3) is 0.233. The van der Waals surface area contributed by atoms with Crippen LogP contribution < -0.4 is 5.32 Å². The van der Waals surface area contributed by atoms with Crippen molar-refractivity contribution in [1.29, 1.82) is 0 Å². The molecule has 0 spiro atoms. The molecule has 1 atom stereocenters. The molecule has 37 heavy (non-hydrogen) atoms. The van der Waals surface area contributed by atoms with Crippen LogP contribution in [0.1, 0.15) is 35.4 Å². The van der Waals surface area contributed by atoms with Crippen LogP contribution in [0.2, 0.25) is 0 Å². The Hall–Kier alpha value is -4.39. The van der Waals surface area contributed by atoms with Crippen molar-refractivity contribution in [3.8, 4) is 11.1 Å². The molecule has 0 aliphatic heterocycles. The highest BCUT2D eigenvalue weighted by molar-refractivity contribution is 5.82. The Kier molecular flexibility index (Phi) is 8.70. The molecule has 0 aromatic heterocycles. The number of hydrogen-bond acceptors (Lipinski definition) is 6. The molecule has 7 heteroatoms. The Morgan fingerprint density at radius 3 is 2.11 bits per heavy atom. The second kappa shape index (κ2) is 12.5. The number of fused-ring (bicyclic) bond motifs is 3. The quantitative estimate of drug-likeness (QED) is 0.223. The Balaban J connectivity index is 1.34. The summed E-state index contributed by atoms with van der Waals surface area (Å²) < 4.78 is 15.9. The van der Waals surface area contributed by atoms with Crippen LogP contribution >= 0.6 is 0 Å². The van der Waals surface area contributed by atoms with Gasteiger partial charge < -0.3 is 19.5 Å². The molecule has 1 N–H and O–H groups in total. The SMILES string of the molecule is C=CCOC(=O)[C@H](CCC(=O)OCc1ccccc1)NC(=O)OCC1c2ccccc2-c2ccccc21. The van der Waals surface area contributed by atoms with Gasteiger partial charge in [0.05, 0.1) is 0 Å². The van der Waals surface area contributed by atoms with Gasteiger partial charge in [-0.2, -0.15) is 0 Å². The number of hydrogen-bond donors (Lipinski definition) is 1. The highest BCUT2D eigenvalue weighted by atomic mass is 16.6. The van der Waals surface area contributed by atoms with Crippen LogP contribution in [0.25, 0.3) is 11.1 Å². The third kappa shape index (κ3) is 6.64. The smallest absolute Gasteiger partial charge is 0.407 e. The standard InChI is InChI=1S/C30H29NO6/c1-2-18-35-29(33)27(16-17-28(32)36-19-21-10-4-3-5-11-21)31-30(34)37-20-26-24-14-8-6-12-22(24)23-13-7-9-15-25(23)26/h2-15,26-27H,1,16-20H2,(H,31,34)/t27-/m0/s1. The van der Waals surface area contributed by atoms with Gasteiger partial charge in [0, 0.05) is 12.3 Å². The average molecular weight is 500 g/mol. The minimum Gasteiger partial charge on any atom is -0.461 e. The fourth-order valence-electron chi connectivity index (χ4n) is 4.35. The first-order valence-electron chi connectivity index (χ1n) is 12.2. The van der Waals surface area contributed by atoms with Gasteiger partial charge in [-0.1, -0.05) is 91.5 Å². The number of ether oxygens (including phenoxy) is 3. The zero-order valence-electron chi connectivity index (χ0n) is 20.4. The van der Waals surface area contributed by atoms with Crippen molar-refractivity contribution in [3.05, 3.63) is 108 Å². The number of nitrogens with one attached hydrogen (secondary N) is 1. The second-order valence-corrected chi connectivity index (χ2v) is 8.63. The van der Waals surface area contributed by atoms with E-state index in [1.165, 1.54) is 6.08 Å². The minimum absolute atomic E-state index is 0.00773. The molecular weight excluding hydrogens is 470 g/mol. The fourth-order valence-corrected chi connectivity index (χ4v) is 4.35. The van der Waals surface area contributed by atoms with Crippen LogP contribution in [0, 0.1) is 0 Å². The molecule has 3 aromatic carbocycles. The maximum absolute atomic E-state index is 12.7. The number of amides is 1. The highest BCUT2D eigenvalue weighted by Crippen LogP contribution is 2.44.